The van der Waals surface area contributed by atoms with Crippen molar-refractivity contribution in [3.63, 3.8) is 0 Å². The molecule has 0 heterocycles. The maximum absolute atomic E-state index is 10.3. The molecule has 0 bridgehead atoms. The summed E-state index contributed by atoms with van der Waals surface area (Å²) in [6, 6.07) is 0. The van der Waals surface area contributed by atoms with Crippen LogP contribution in [0.15, 0.2) is 23.9 Å². The van der Waals surface area contributed by atoms with Crippen LogP contribution in [0.25, 0.3) is 0 Å². The number of nitrogens with one attached hydrogen (secondary N) is 1. The lowest BCUT2D eigenvalue weighted by atomic mass is 10.4. The van der Waals surface area contributed by atoms with Crippen molar-refractivity contribution in [3.05, 3.63) is 23.9 Å². The molecule has 0 radical (unpaired) electrons. The smallest absolute Gasteiger partial charge is 0.268 e. The molecule has 0 aromatic rings. The molecule has 0 fully saturated rings. The molecule has 0 aliphatic rings. The van der Waals surface area contributed by atoms with Crippen molar-refractivity contribution in [1.82, 2.24) is 5.32 Å². The van der Waals surface area contributed by atoms with E-state index >= 15 is 0 Å². The topological polar surface area (TPSA) is 66.4 Å². The minimum Gasteiger partial charge on any atom is -0.388 e. The first-order valence-corrected chi connectivity index (χ1v) is 5.06. The lowest BCUT2D eigenvalue weighted by Crippen LogP contribution is -2.04. The zero-order chi connectivity index (χ0) is 9.61. The lowest BCUT2D eigenvalue weighted by Gasteiger charge is -1.97. The molecule has 0 unspecified atom stereocenters. The van der Waals surface area contributed by atoms with Crippen molar-refractivity contribution in [1.29, 1.82) is 0 Å². The molecule has 0 aromatic heterocycles. The van der Waals surface area contributed by atoms with Gasteiger partial charge in [-0.3, -0.25) is 4.55 Å². The third-order valence-electron chi connectivity index (χ3n) is 1.20. The maximum atomic E-state index is 10.3. The zero-order valence-electron chi connectivity index (χ0n) is 7.11. The van der Waals surface area contributed by atoms with Gasteiger partial charge in [0.15, 0.2) is 0 Å². The number of allylic oxidation sites excluding steroid dienone is 2. The maximum Gasteiger partial charge on any atom is 0.268 e. The van der Waals surface area contributed by atoms with Crippen LogP contribution in [-0.2, 0) is 10.1 Å². The second-order valence-corrected chi connectivity index (χ2v) is 3.64. The van der Waals surface area contributed by atoms with E-state index in [4.69, 9.17) is 4.55 Å². The monoisotopic (exact) mass is 191 g/mol. The van der Waals surface area contributed by atoms with Crippen molar-refractivity contribution < 1.29 is 13.0 Å². The molecular weight excluding hydrogens is 178 g/mol. The standard InChI is InChI=1S/C7H13NO3S/c1-3-7(8-2)5-4-6-12(9,10)11/h3-5,8H,6H2,1-2H3,(H,9,10,11)/b5-4-,7-3+. The fraction of sp³-hybridized carbons (Fsp3) is 0.429. The molecule has 2 N–H and O–H groups in total. The number of hydrogen-bond donors (Lipinski definition) is 2. The van der Waals surface area contributed by atoms with Gasteiger partial charge in [0.25, 0.3) is 10.1 Å². The number of hydrogen-bond acceptors (Lipinski definition) is 3. The van der Waals surface area contributed by atoms with E-state index in [9.17, 15) is 8.42 Å². The normalized spacial score (nSPS) is 13.8. The average Bonchev–Trinajstić information content (AvgIpc) is 1.96. The molecule has 12 heavy (non-hydrogen) atoms. The van der Waals surface area contributed by atoms with E-state index in [1.54, 1.807) is 19.2 Å². The summed E-state index contributed by atoms with van der Waals surface area (Å²) >= 11 is 0. The summed E-state index contributed by atoms with van der Waals surface area (Å²) < 4.78 is 28.9. The van der Waals surface area contributed by atoms with Crippen LogP contribution < -0.4 is 5.32 Å². The van der Waals surface area contributed by atoms with E-state index in [1.807, 2.05) is 6.92 Å². The van der Waals surface area contributed by atoms with Crippen molar-refractivity contribution in [3.8, 4) is 0 Å². The van der Waals surface area contributed by atoms with Crippen LogP contribution in [0.3, 0.4) is 0 Å². The van der Waals surface area contributed by atoms with Crippen LogP contribution in [0, 0.1) is 0 Å². The lowest BCUT2D eigenvalue weighted by molar-refractivity contribution is 0.486. The number of rotatable bonds is 4. The molecule has 0 spiro atoms. The molecule has 0 saturated carbocycles. The third kappa shape index (κ3) is 5.94. The Morgan fingerprint density at radius 1 is 1.58 bits per heavy atom. The van der Waals surface area contributed by atoms with Crippen LogP contribution in [0.1, 0.15) is 6.92 Å². The predicted octanol–water partition coefficient (Wildman–Crippen LogP) is 0.554. The summed E-state index contributed by atoms with van der Waals surface area (Å²) in [4.78, 5) is 0. The second kappa shape index (κ2) is 4.95. The second-order valence-electron chi connectivity index (χ2n) is 2.14. The van der Waals surface area contributed by atoms with Gasteiger partial charge in [-0.2, -0.15) is 8.42 Å². The molecule has 0 aromatic carbocycles. The van der Waals surface area contributed by atoms with Gasteiger partial charge in [-0.1, -0.05) is 12.2 Å². The highest BCUT2D eigenvalue weighted by atomic mass is 32.2. The van der Waals surface area contributed by atoms with Crippen molar-refractivity contribution in [2.75, 3.05) is 12.8 Å². The molecule has 4 nitrogen and oxygen atoms in total. The molecule has 0 amide bonds. The van der Waals surface area contributed by atoms with Gasteiger partial charge >= 0.3 is 0 Å². The highest BCUT2D eigenvalue weighted by Gasteiger charge is 1.98. The van der Waals surface area contributed by atoms with Crippen molar-refractivity contribution in [2.24, 2.45) is 0 Å². The Hall–Kier alpha value is -0.810. The van der Waals surface area contributed by atoms with Crippen LogP contribution in [-0.4, -0.2) is 25.8 Å². The molecule has 0 aliphatic carbocycles. The van der Waals surface area contributed by atoms with Gasteiger partial charge in [-0.15, -0.1) is 0 Å². The van der Waals surface area contributed by atoms with Gasteiger partial charge in [0.2, 0.25) is 0 Å². The van der Waals surface area contributed by atoms with Gasteiger partial charge < -0.3 is 5.32 Å². The summed E-state index contributed by atoms with van der Waals surface area (Å²) in [5.41, 5.74) is 0.804. The molecule has 5 heteroatoms. The Morgan fingerprint density at radius 2 is 2.17 bits per heavy atom. The first-order chi connectivity index (χ1) is 5.49. The van der Waals surface area contributed by atoms with Crippen molar-refractivity contribution in [2.45, 2.75) is 6.92 Å². The van der Waals surface area contributed by atoms with E-state index in [0.29, 0.717) is 0 Å². The summed E-state index contributed by atoms with van der Waals surface area (Å²) in [5.74, 6) is -0.355. The Balaban J connectivity index is 4.10. The Bertz CT molecular complexity index is 277. The molecule has 0 aliphatic heterocycles. The molecule has 0 rings (SSSR count). The molecular formula is C7H13NO3S. The van der Waals surface area contributed by atoms with Crippen LogP contribution in [0.4, 0.5) is 0 Å². The van der Waals surface area contributed by atoms with Crippen LogP contribution in [0.2, 0.25) is 0 Å². The van der Waals surface area contributed by atoms with E-state index in [2.05, 4.69) is 5.32 Å². The molecule has 70 valence electrons. The van der Waals surface area contributed by atoms with Gasteiger partial charge in [0, 0.05) is 12.7 Å². The quantitative estimate of drug-likeness (QED) is 0.503. The van der Waals surface area contributed by atoms with Crippen LogP contribution in [0.5, 0.6) is 0 Å². The van der Waals surface area contributed by atoms with Crippen molar-refractivity contribution >= 4 is 10.1 Å². The first-order valence-electron chi connectivity index (χ1n) is 3.45. The SMILES string of the molecule is C/C=C(\C=C/CS(=O)(=O)O)NC. The highest BCUT2D eigenvalue weighted by Crippen LogP contribution is 1.91. The molecule has 0 saturated heterocycles. The highest BCUT2D eigenvalue weighted by molar-refractivity contribution is 7.85. The van der Waals surface area contributed by atoms with E-state index < -0.39 is 10.1 Å². The first kappa shape index (κ1) is 11.2. The third-order valence-corrected chi connectivity index (χ3v) is 1.82. The van der Waals surface area contributed by atoms with Gasteiger partial charge in [0.1, 0.15) is 0 Å². The van der Waals surface area contributed by atoms with Gasteiger partial charge in [-0.25, -0.2) is 0 Å². The largest absolute Gasteiger partial charge is 0.388 e. The zero-order valence-corrected chi connectivity index (χ0v) is 7.93. The van der Waals surface area contributed by atoms with E-state index in [-0.39, 0.29) is 5.75 Å². The summed E-state index contributed by atoms with van der Waals surface area (Å²) in [7, 11) is -2.15. The Kier molecular flexibility index (Phi) is 4.61. The average molecular weight is 191 g/mol. The number of likely N-dealkylation sites (N-methyl/N-ethyl adjacent to an activating group) is 1. The van der Waals surface area contributed by atoms with Gasteiger partial charge in [-0.05, 0) is 13.0 Å². The van der Waals surface area contributed by atoms with E-state index in [1.165, 1.54) is 6.08 Å². The fourth-order valence-electron chi connectivity index (χ4n) is 0.621. The van der Waals surface area contributed by atoms with Gasteiger partial charge in [0.05, 0.1) is 5.75 Å². The van der Waals surface area contributed by atoms with E-state index in [0.717, 1.165) is 5.70 Å². The summed E-state index contributed by atoms with van der Waals surface area (Å²) in [5, 5.41) is 2.84. The van der Waals surface area contributed by atoms with Crippen LogP contribution >= 0.6 is 0 Å². The summed E-state index contributed by atoms with van der Waals surface area (Å²) in [6.45, 7) is 1.82. The summed E-state index contributed by atoms with van der Waals surface area (Å²) in [6.07, 6.45) is 4.76. The molecule has 0 atom stereocenters. The predicted molar refractivity (Wildman–Crippen MR) is 48.4 cm³/mol. The Labute approximate surface area is 72.7 Å². The fourth-order valence-corrected chi connectivity index (χ4v) is 0.960. The Morgan fingerprint density at radius 3 is 2.50 bits per heavy atom. The minimum atomic E-state index is -3.88. The minimum absolute atomic E-state index is 0.355.